The second kappa shape index (κ2) is 25.0. The first kappa shape index (κ1) is 56.8. The van der Waals surface area contributed by atoms with Crippen LogP contribution < -0.4 is 5.32 Å². The highest BCUT2D eigenvalue weighted by molar-refractivity contribution is 5.81. The van der Waals surface area contributed by atoms with Gasteiger partial charge in [0.25, 0.3) is 5.91 Å². The molecule has 5 fully saturated rings. The van der Waals surface area contributed by atoms with Gasteiger partial charge in [-0.05, 0) is 51.5 Å². The molecule has 0 radical (unpaired) electrons. The highest BCUT2D eigenvalue weighted by Crippen LogP contribution is 2.42. The maximum Gasteiger partial charge on any atom is 0.251 e. The van der Waals surface area contributed by atoms with Gasteiger partial charge in [-0.2, -0.15) is 0 Å². The predicted molar refractivity (Wildman–Crippen MR) is 266 cm³/mol. The zero-order valence-electron chi connectivity index (χ0n) is 43.4. The summed E-state index contributed by atoms with van der Waals surface area (Å²) in [6.07, 6.45) is -17.4. The zero-order valence-corrected chi connectivity index (χ0v) is 43.4. The molecule has 2 aromatic carbocycles. The Morgan fingerprint density at radius 3 is 2.10 bits per heavy atom. The Morgan fingerprint density at radius 1 is 0.753 bits per heavy atom. The smallest absolute Gasteiger partial charge is 0.251 e. The summed E-state index contributed by atoms with van der Waals surface area (Å²) in [5.74, 6) is -1.44. The van der Waals surface area contributed by atoms with Gasteiger partial charge < -0.3 is 84.2 Å². The number of carbonyl (C=O) groups excluding carboxylic acids is 2. The van der Waals surface area contributed by atoms with E-state index in [-0.39, 0.29) is 31.8 Å². The third kappa shape index (κ3) is 12.4. The fraction of sp³-hybridized carbons (Fsp3) is 0.654. The molecule has 1 aliphatic carbocycles. The molecule has 9 rings (SSSR count). The maximum absolute atomic E-state index is 13.8. The lowest BCUT2D eigenvalue weighted by Gasteiger charge is -2.49. The first-order valence-electron chi connectivity index (χ1n) is 26.4. The van der Waals surface area contributed by atoms with E-state index in [4.69, 9.17) is 33.2 Å². The van der Waals surface area contributed by atoms with E-state index in [2.05, 4.69) is 25.9 Å². The minimum Gasteiger partial charge on any atom is -0.394 e. The Balaban J connectivity index is 1.06. The van der Waals surface area contributed by atoms with Gasteiger partial charge in [0.05, 0.1) is 50.5 Å². The largest absolute Gasteiger partial charge is 0.394 e. The van der Waals surface area contributed by atoms with Gasteiger partial charge in [0, 0.05) is 31.1 Å². The minimum absolute atomic E-state index is 0.0165. The molecule has 0 spiro atoms. The van der Waals surface area contributed by atoms with Crippen LogP contribution in [0.5, 0.6) is 0 Å². The van der Waals surface area contributed by atoms with Crippen LogP contribution in [0.3, 0.4) is 0 Å². The molecule has 0 bridgehead atoms. The van der Waals surface area contributed by atoms with E-state index in [1.165, 1.54) is 18.5 Å². The average molecular weight is 1080 g/mol. The number of amides is 2. The van der Waals surface area contributed by atoms with Crippen LogP contribution in [0.1, 0.15) is 70.5 Å². The van der Waals surface area contributed by atoms with E-state index in [1.807, 2.05) is 68.4 Å². The summed E-state index contributed by atoms with van der Waals surface area (Å²) in [5, 5.41) is 110. The SMILES string of the molecule is CCC[C@H](OC1C(NC(C)=O)[C@H](O[C@@H]2CC(CO[C@H]3OC(CO)[C@@H](O)C(n4cc(-c5cccc(C)c5)nn4)C3O)CC(n3cc(-c4ccccc4)nn3)[C@H]2O[C@@H]2OC(C)[C@@H](O)[C@H](O)C2O)O[C@@H](CO)[C@@H]1O)C(=O)N1CCC1. The number of nitrogens with zero attached hydrogens (tertiary/aromatic N) is 7. The quantitative estimate of drug-likeness (QED) is 0.0551. The van der Waals surface area contributed by atoms with Crippen molar-refractivity contribution in [2.45, 2.75) is 176 Å². The average Bonchev–Trinajstić information content (AvgIpc) is 4.12. The molecule has 6 heterocycles. The highest BCUT2D eigenvalue weighted by atomic mass is 16.7. The van der Waals surface area contributed by atoms with Gasteiger partial charge in [0.1, 0.15) is 90.6 Å². The van der Waals surface area contributed by atoms with E-state index in [0.717, 1.165) is 23.1 Å². The summed E-state index contributed by atoms with van der Waals surface area (Å²) in [5.41, 5.74) is 3.43. The molecule has 1 saturated carbocycles. The lowest BCUT2D eigenvalue weighted by molar-refractivity contribution is -0.339. The second-order valence-electron chi connectivity index (χ2n) is 20.8. The molecular weight excluding hydrogens is 1010 g/mol. The van der Waals surface area contributed by atoms with Crippen LogP contribution >= 0.6 is 0 Å². The van der Waals surface area contributed by atoms with Crippen molar-refractivity contribution in [2.75, 3.05) is 32.9 Å². The number of carbonyl (C=O) groups is 2. The second-order valence-corrected chi connectivity index (χ2v) is 20.8. The van der Waals surface area contributed by atoms with E-state index in [9.17, 15) is 50.4 Å². The summed E-state index contributed by atoms with van der Waals surface area (Å²) in [7, 11) is 0. The fourth-order valence-electron chi connectivity index (χ4n) is 10.9. The van der Waals surface area contributed by atoms with Crippen LogP contribution in [0.25, 0.3) is 22.5 Å². The first-order chi connectivity index (χ1) is 37.1. The van der Waals surface area contributed by atoms with E-state index >= 15 is 0 Å². The van der Waals surface area contributed by atoms with Gasteiger partial charge in [-0.3, -0.25) is 9.59 Å². The lowest BCUT2D eigenvalue weighted by Crippen LogP contribution is -2.67. The van der Waals surface area contributed by atoms with Gasteiger partial charge in [-0.25, -0.2) is 9.36 Å². The summed E-state index contributed by atoms with van der Waals surface area (Å²) >= 11 is 0. The van der Waals surface area contributed by atoms with Crippen molar-refractivity contribution in [3.63, 3.8) is 0 Å². The molecule has 2 amide bonds. The fourth-order valence-corrected chi connectivity index (χ4v) is 10.9. The normalized spacial score (nSPS) is 36.0. The first-order valence-corrected chi connectivity index (χ1v) is 26.4. The highest BCUT2D eigenvalue weighted by Gasteiger charge is 2.54. The van der Waals surface area contributed by atoms with Gasteiger partial charge in [0.15, 0.2) is 18.9 Å². The van der Waals surface area contributed by atoms with Crippen molar-refractivity contribution in [3.8, 4) is 22.5 Å². The number of aryl methyl sites for hydroxylation is 1. The molecule has 2 aromatic heterocycles. The number of rotatable bonds is 19. The number of ether oxygens (including phenoxy) is 7. The van der Waals surface area contributed by atoms with Crippen molar-refractivity contribution in [3.05, 3.63) is 72.6 Å². The zero-order chi connectivity index (χ0) is 54.7. The molecule has 4 aromatic rings. The molecule has 9 unspecified atom stereocenters. The molecule has 5 aliphatic rings. The minimum atomic E-state index is -1.77. The molecule has 25 heteroatoms. The predicted octanol–water partition coefficient (Wildman–Crippen LogP) is -0.873. The van der Waals surface area contributed by atoms with Gasteiger partial charge in [-0.1, -0.05) is 77.9 Å². The number of aliphatic hydroxyl groups is 8. The number of aromatic nitrogens is 6. The standard InChI is InChI=1S/C52H72N8O17/c1-5-11-35(49(70)58-16-10-17-58)73-48-39(53-28(4)63)50(75-38(24-62)43(48)66)74-36-20-29(25-71-51-44(67)40(42(65)37(23-61)76-51)60-22-33(55-57-60)31-15-9-12-26(2)18-31)19-34(59-21-32(54-56-59)30-13-7-6-8-14-30)47(36)77-52-46(69)45(68)41(64)27(3)72-52/h6-9,12-15,18,21-22,27,29,34-48,50-52,61-62,64-69H,5,10-11,16-17,19-20,23-25H2,1-4H3,(H,53,63)/t27?,29?,34?,35-,36+,37?,38-,39?,40?,41+,42+,43-,44?,45-,46?,47+,48?,50+,51-,52-/m0/s1. The van der Waals surface area contributed by atoms with Gasteiger partial charge in [-0.15, -0.1) is 10.2 Å². The Morgan fingerprint density at radius 2 is 1.43 bits per heavy atom. The molecule has 9 N–H and O–H groups in total. The summed E-state index contributed by atoms with van der Waals surface area (Å²) < 4.78 is 47.8. The van der Waals surface area contributed by atoms with Crippen LogP contribution in [0, 0.1) is 12.8 Å². The molecule has 25 nitrogen and oxygen atoms in total. The molecule has 77 heavy (non-hydrogen) atoms. The Bertz CT molecular complexity index is 2560. The third-order valence-electron chi connectivity index (χ3n) is 15.2. The Labute approximate surface area is 444 Å². The van der Waals surface area contributed by atoms with Crippen LogP contribution in [-0.2, 0) is 42.7 Å². The maximum atomic E-state index is 13.8. The van der Waals surface area contributed by atoms with Crippen molar-refractivity contribution in [1.29, 1.82) is 0 Å². The lowest BCUT2D eigenvalue weighted by atomic mass is 9.81. The molecule has 422 valence electrons. The number of nitrogens with one attached hydrogen (secondary N) is 1. The van der Waals surface area contributed by atoms with E-state index < -0.39 is 141 Å². The van der Waals surface area contributed by atoms with Crippen LogP contribution in [-0.4, -0.2) is 225 Å². The Kier molecular flexibility index (Phi) is 18.4. The molecule has 4 aliphatic heterocycles. The summed E-state index contributed by atoms with van der Waals surface area (Å²) in [6.45, 7) is 6.09. The van der Waals surface area contributed by atoms with Crippen LogP contribution in [0.4, 0.5) is 0 Å². The van der Waals surface area contributed by atoms with E-state index in [1.54, 1.807) is 22.0 Å². The molecule has 20 atom stereocenters. The van der Waals surface area contributed by atoms with Crippen LogP contribution in [0.15, 0.2) is 67.0 Å². The molecular formula is C52H72N8O17. The number of hydrogen-bond donors (Lipinski definition) is 9. The van der Waals surface area contributed by atoms with Crippen molar-refractivity contribution in [2.24, 2.45) is 5.92 Å². The number of aliphatic hydroxyl groups excluding tert-OH is 8. The summed E-state index contributed by atoms with van der Waals surface area (Å²) in [6, 6.07) is 13.4. The number of benzene rings is 2. The Hall–Kier alpha value is -4.94. The third-order valence-corrected chi connectivity index (χ3v) is 15.2. The number of hydrogen-bond acceptors (Lipinski definition) is 21. The topological polar surface area (TPSA) is 337 Å². The van der Waals surface area contributed by atoms with Crippen molar-refractivity contribution in [1.82, 2.24) is 40.2 Å². The summed E-state index contributed by atoms with van der Waals surface area (Å²) in [4.78, 5) is 28.5. The van der Waals surface area contributed by atoms with Gasteiger partial charge in [0.2, 0.25) is 5.91 Å². The van der Waals surface area contributed by atoms with Crippen molar-refractivity contribution < 1.29 is 83.6 Å². The van der Waals surface area contributed by atoms with Crippen LogP contribution in [0.2, 0.25) is 0 Å². The molecule has 4 saturated heterocycles. The van der Waals surface area contributed by atoms with E-state index in [0.29, 0.717) is 30.9 Å². The van der Waals surface area contributed by atoms with Gasteiger partial charge >= 0.3 is 0 Å². The monoisotopic (exact) mass is 1080 g/mol. The van der Waals surface area contributed by atoms with Crippen molar-refractivity contribution >= 4 is 11.8 Å². The number of likely N-dealkylation sites (tertiary alicyclic amines) is 1.